The van der Waals surface area contributed by atoms with E-state index in [2.05, 4.69) is 23.9 Å². The van der Waals surface area contributed by atoms with Crippen LogP contribution in [-0.2, 0) is 22.5 Å². The zero-order valence-electron chi connectivity index (χ0n) is 15.8. The van der Waals surface area contributed by atoms with Gasteiger partial charge >= 0.3 is 11.7 Å². The minimum atomic E-state index is -0.463. The number of furan rings is 1. The van der Waals surface area contributed by atoms with E-state index in [0.717, 1.165) is 17.4 Å². The summed E-state index contributed by atoms with van der Waals surface area (Å²) in [7, 11) is 0. The van der Waals surface area contributed by atoms with E-state index in [1.807, 2.05) is 5.38 Å². The lowest BCUT2D eigenvalue weighted by Gasteiger charge is -2.09. The van der Waals surface area contributed by atoms with E-state index < -0.39 is 11.7 Å². The molecule has 9 heteroatoms. The van der Waals surface area contributed by atoms with Gasteiger partial charge in [-0.3, -0.25) is 9.36 Å². The van der Waals surface area contributed by atoms with Crippen LogP contribution < -0.4 is 5.69 Å². The highest BCUT2D eigenvalue weighted by Crippen LogP contribution is 2.31. The molecule has 4 heterocycles. The van der Waals surface area contributed by atoms with E-state index in [4.69, 9.17) is 9.15 Å². The minimum Gasteiger partial charge on any atom is -0.465 e. The molecule has 0 amide bonds. The summed E-state index contributed by atoms with van der Waals surface area (Å²) in [5.74, 6) is 0.777. The van der Waals surface area contributed by atoms with E-state index in [-0.39, 0.29) is 13.2 Å². The molecule has 0 aliphatic carbocycles. The molecule has 0 N–H and O–H groups in total. The Morgan fingerprint density at radius 2 is 2.21 bits per heavy atom. The summed E-state index contributed by atoms with van der Waals surface area (Å²) in [5.41, 5.74) is 1.12. The van der Waals surface area contributed by atoms with Gasteiger partial charge in [-0.05, 0) is 42.3 Å². The monoisotopic (exact) mass is 400 g/mol. The number of hydrogen-bond acceptors (Lipinski definition) is 7. The Morgan fingerprint density at radius 1 is 1.39 bits per heavy atom. The van der Waals surface area contributed by atoms with E-state index >= 15 is 0 Å². The summed E-state index contributed by atoms with van der Waals surface area (Å²) < 4.78 is 13.1. The number of hydrogen-bond donors (Lipinski definition) is 0. The molecule has 0 aliphatic rings. The van der Waals surface area contributed by atoms with Crippen molar-refractivity contribution in [2.75, 3.05) is 6.61 Å². The van der Waals surface area contributed by atoms with E-state index in [1.165, 1.54) is 26.7 Å². The van der Waals surface area contributed by atoms with Gasteiger partial charge in [-0.1, -0.05) is 13.8 Å². The fraction of sp³-hybridized carbons (Fsp3) is 0.368. The molecular weight excluding hydrogens is 380 g/mol. The Labute approximate surface area is 164 Å². The molecule has 28 heavy (non-hydrogen) atoms. The molecular formula is C19H20N4O4S. The molecule has 0 spiro atoms. The molecule has 0 aliphatic heterocycles. The lowest BCUT2D eigenvalue weighted by atomic mass is 10.0. The van der Waals surface area contributed by atoms with Crippen molar-refractivity contribution < 1.29 is 13.9 Å². The lowest BCUT2D eigenvalue weighted by Crippen LogP contribution is -2.30. The second kappa shape index (κ2) is 7.23. The molecule has 0 fully saturated rings. The number of ether oxygens (including phenoxy) is 1. The van der Waals surface area contributed by atoms with Gasteiger partial charge in [0, 0.05) is 0 Å². The Morgan fingerprint density at radius 3 is 2.89 bits per heavy atom. The Kier molecular flexibility index (Phi) is 4.76. The highest BCUT2D eigenvalue weighted by molar-refractivity contribution is 7.17. The van der Waals surface area contributed by atoms with Crippen molar-refractivity contribution in [1.29, 1.82) is 0 Å². The van der Waals surface area contributed by atoms with Gasteiger partial charge < -0.3 is 9.15 Å². The normalized spacial score (nSPS) is 11.7. The van der Waals surface area contributed by atoms with Crippen LogP contribution in [0.1, 0.15) is 26.3 Å². The van der Waals surface area contributed by atoms with Crippen LogP contribution in [0.4, 0.5) is 0 Å². The first-order valence-corrected chi connectivity index (χ1v) is 9.96. The van der Waals surface area contributed by atoms with Crippen molar-refractivity contribution >= 4 is 33.2 Å². The first kappa shape index (κ1) is 18.4. The Bertz CT molecular complexity index is 1200. The molecule has 0 bridgehead atoms. The Balaban J connectivity index is 2.00. The summed E-state index contributed by atoms with van der Waals surface area (Å²) in [6, 6.07) is 3.48. The van der Waals surface area contributed by atoms with Crippen molar-refractivity contribution in [3.63, 3.8) is 0 Å². The van der Waals surface area contributed by atoms with Crippen LogP contribution in [0.15, 0.2) is 33.0 Å². The number of fused-ring (bicyclic) bond motifs is 3. The van der Waals surface area contributed by atoms with Crippen LogP contribution in [0.25, 0.3) is 27.4 Å². The SMILES string of the molecule is CCOC(=O)Cn1c(=O)n2nc(-c3ccco3)nc2c2c(CC(C)C)csc21. The van der Waals surface area contributed by atoms with Gasteiger partial charge in [-0.25, -0.2) is 9.78 Å². The van der Waals surface area contributed by atoms with Crippen molar-refractivity contribution in [3.05, 3.63) is 39.8 Å². The number of rotatable bonds is 6. The van der Waals surface area contributed by atoms with Crippen molar-refractivity contribution in [2.24, 2.45) is 5.92 Å². The largest absolute Gasteiger partial charge is 0.465 e. The van der Waals surface area contributed by atoms with Gasteiger partial charge in [0.15, 0.2) is 11.4 Å². The third kappa shape index (κ3) is 3.11. The number of esters is 1. The summed E-state index contributed by atoms with van der Waals surface area (Å²) in [6.07, 6.45) is 2.36. The van der Waals surface area contributed by atoms with Gasteiger partial charge in [0.05, 0.1) is 18.3 Å². The van der Waals surface area contributed by atoms with Gasteiger partial charge in [-0.15, -0.1) is 16.4 Å². The van der Waals surface area contributed by atoms with Crippen LogP contribution in [0.2, 0.25) is 0 Å². The van der Waals surface area contributed by atoms with E-state index in [1.54, 1.807) is 19.1 Å². The average Bonchev–Trinajstić information content (AvgIpc) is 3.37. The second-order valence-electron chi connectivity index (χ2n) is 6.86. The van der Waals surface area contributed by atoms with Crippen molar-refractivity contribution in [1.82, 2.24) is 19.2 Å². The summed E-state index contributed by atoms with van der Waals surface area (Å²) in [4.78, 5) is 30.4. The maximum atomic E-state index is 13.1. The van der Waals surface area contributed by atoms with E-state index in [9.17, 15) is 9.59 Å². The molecule has 4 aromatic heterocycles. The van der Waals surface area contributed by atoms with Crippen LogP contribution in [0, 0.1) is 5.92 Å². The maximum absolute atomic E-state index is 13.1. The predicted octanol–water partition coefficient (Wildman–Crippen LogP) is 3.13. The van der Waals surface area contributed by atoms with E-state index in [0.29, 0.717) is 28.0 Å². The molecule has 0 unspecified atom stereocenters. The molecule has 0 radical (unpaired) electrons. The third-order valence-corrected chi connectivity index (χ3v) is 5.35. The molecule has 0 aromatic carbocycles. The first-order chi connectivity index (χ1) is 13.5. The number of nitrogens with zero attached hydrogens (tertiary/aromatic N) is 4. The number of carbonyl (C=O) groups excluding carboxylic acids is 1. The highest BCUT2D eigenvalue weighted by atomic mass is 32.1. The first-order valence-electron chi connectivity index (χ1n) is 9.08. The fourth-order valence-electron chi connectivity index (χ4n) is 3.20. The molecule has 146 valence electrons. The number of aromatic nitrogens is 4. The van der Waals surface area contributed by atoms with Crippen LogP contribution in [-0.4, -0.2) is 31.7 Å². The summed E-state index contributed by atoms with van der Waals surface area (Å²) in [6.45, 7) is 6.09. The molecule has 0 saturated heterocycles. The summed E-state index contributed by atoms with van der Waals surface area (Å²) in [5, 5.41) is 7.21. The van der Waals surface area contributed by atoms with Gasteiger partial charge in [0.1, 0.15) is 11.4 Å². The molecule has 4 rings (SSSR count). The zero-order valence-corrected chi connectivity index (χ0v) is 16.7. The maximum Gasteiger partial charge on any atom is 0.352 e. The highest BCUT2D eigenvalue weighted by Gasteiger charge is 2.22. The quantitative estimate of drug-likeness (QED) is 0.462. The average molecular weight is 400 g/mol. The topological polar surface area (TPSA) is 91.6 Å². The molecule has 0 saturated carbocycles. The Hall–Kier alpha value is -2.94. The van der Waals surface area contributed by atoms with Gasteiger partial charge in [-0.2, -0.15) is 4.52 Å². The van der Waals surface area contributed by atoms with Gasteiger partial charge in [0.25, 0.3) is 0 Å². The zero-order chi connectivity index (χ0) is 19.8. The van der Waals surface area contributed by atoms with Gasteiger partial charge in [0.2, 0.25) is 5.82 Å². The second-order valence-corrected chi connectivity index (χ2v) is 7.72. The lowest BCUT2D eigenvalue weighted by molar-refractivity contribution is -0.143. The summed E-state index contributed by atoms with van der Waals surface area (Å²) >= 11 is 1.43. The minimum absolute atomic E-state index is 0.170. The predicted molar refractivity (Wildman–Crippen MR) is 106 cm³/mol. The van der Waals surface area contributed by atoms with Crippen molar-refractivity contribution in [2.45, 2.75) is 33.7 Å². The van der Waals surface area contributed by atoms with Crippen LogP contribution in [0.5, 0.6) is 0 Å². The molecule has 8 nitrogen and oxygen atoms in total. The smallest absolute Gasteiger partial charge is 0.352 e. The number of carbonyl (C=O) groups is 1. The standard InChI is InChI=1S/C19H20N4O4S/c1-4-26-14(24)9-22-18-15(12(10-28-18)8-11(2)3)17-20-16(13-6-5-7-27-13)21-23(17)19(22)25/h5-7,10-11H,4,8-9H2,1-3H3. The number of thiophene rings is 1. The fourth-order valence-corrected chi connectivity index (χ4v) is 4.28. The molecule has 4 aromatic rings. The van der Waals surface area contributed by atoms with Crippen LogP contribution >= 0.6 is 11.3 Å². The van der Waals surface area contributed by atoms with Crippen LogP contribution in [0.3, 0.4) is 0 Å². The van der Waals surface area contributed by atoms with Crippen molar-refractivity contribution in [3.8, 4) is 11.6 Å². The molecule has 0 atom stereocenters. The third-order valence-electron chi connectivity index (χ3n) is 4.30.